The second-order valence-corrected chi connectivity index (χ2v) is 5.85. The third-order valence-electron chi connectivity index (χ3n) is 3.46. The van der Waals surface area contributed by atoms with Crippen molar-refractivity contribution >= 4 is 0 Å². The van der Waals surface area contributed by atoms with Crippen LogP contribution in [0.2, 0.25) is 0 Å². The summed E-state index contributed by atoms with van der Waals surface area (Å²) in [5.74, 6) is -0.548. The maximum Gasteiger partial charge on any atom is 0.130 e. The number of hydrogen-bond donors (Lipinski definition) is 1. The van der Waals surface area contributed by atoms with Gasteiger partial charge in [0.15, 0.2) is 0 Å². The molecule has 2 nitrogen and oxygen atoms in total. The van der Waals surface area contributed by atoms with Crippen LogP contribution < -0.4 is 5.73 Å². The number of rotatable bonds is 6. The molecule has 0 amide bonds. The molecule has 1 atom stereocenters. The van der Waals surface area contributed by atoms with Crippen molar-refractivity contribution in [1.29, 1.82) is 0 Å². The van der Waals surface area contributed by atoms with Gasteiger partial charge in [0.2, 0.25) is 0 Å². The van der Waals surface area contributed by atoms with Crippen LogP contribution in [0.5, 0.6) is 0 Å². The molecule has 0 heterocycles. The van der Waals surface area contributed by atoms with E-state index in [-0.39, 0.29) is 0 Å². The summed E-state index contributed by atoms with van der Waals surface area (Å²) in [4.78, 5) is 2.33. The average molecular weight is 268 g/mol. The minimum absolute atomic E-state index is 0.399. The Hall–Kier alpha value is -1.00. The molecule has 0 spiro atoms. The van der Waals surface area contributed by atoms with Crippen LogP contribution in [0.25, 0.3) is 0 Å². The van der Waals surface area contributed by atoms with E-state index in [0.29, 0.717) is 24.1 Å². The Bertz CT molecular complexity index is 430. The predicted octanol–water partition coefficient (Wildman–Crippen LogP) is 3.09. The molecule has 1 aromatic carbocycles. The molecule has 0 bridgehead atoms. The zero-order valence-corrected chi connectivity index (χ0v) is 11.6. The van der Waals surface area contributed by atoms with Gasteiger partial charge < -0.3 is 5.73 Å². The van der Waals surface area contributed by atoms with Crippen LogP contribution in [0.4, 0.5) is 8.78 Å². The Morgan fingerprint density at radius 1 is 1.26 bits per heavy atom. The summed E-state index contributed by atoms with van der Waals surface area (Å²) in [7, 11) is 0. The molecule has 2 rings (SSSR count). The van der Waals surface area contributed by atoms with Crippen molar-refractivity contribution in [2.75, 3.05) is 13.1 Å². The lowest BCUT2D eigenvalue weighted by Gasteiger charge is -2.27. The molecule has 0 aromatic heterocycles. The van der Waals surface area contributed by atoms with Gasteiger partial charge in [-0.2, -0.15) is 0 Å². The lowest BCUT2D eigenvalue weighted by molar-refractivity contribution is 0.220. The summed E-state index contributed by atoms with van der Waals surface area (Å²) in [6, 6.07) is 3.81. The first-order chi connectivity index (χ1) is 8.97. The van der Waals surface area contributed by atoms with Gasteiger partial charge in [-0.15, -0.1) is 0 Å². The fourth-order valence-electron chi connectivity index (χ4n) is 2.43. The van der Waals surface area contributed by atoms with Crippen LogP contribution in [-0.4, -0.2) is 24.0 Å². The monoisotopic (exact) mass is 268 g/mol. The number of halogens is 2. The minimum Gasteiger partial charge on any atom is -0.323 e. The lowest BCUT2D eigenvalue weighted by Crippen LogP contribution is -2.36. The molecule has 0 saturated heterocycles. The maximum absolute atomic E-state index is 13.7. The number of nitrogens with zero attached hydrogens (tertiary/aromatic N) is 1. The van der Waals surface area contributed by atoms with Gasteiger partial charge in [0.1, 0.15) is 11.6 Å². The SMILES string of the molecule is CC(C)CN(CC(N)c1ccc(F)cc1F)C1CC1. The van der Waals surface area contributed by atoms with E-state index in [2.05, 4.69) is 18.7 Å². The summed E-state index contributed by atoms with van der Waals surface area (Å²) in [5, 5.41) is 0. The Balaban J connectivity index is 2.03. The van der Waals surface area contributed by atoms with E-state index in [9.17, 15) is 8.78 Å². The highest BCUT2D eigenvalue weighted by atomic mass is 19.1. The largest absolute Gasteiger partial charge is 0.323 e. The van der Waals surface area contributed by atoms with Gasteiger partial charge in [0, 0.05) is 36.8 Å². The molecule has 106 valence electrons. The number of hydrogen-bond acceptors (Lipinski definition) is 2. The topological polar surface area (TPSA) is 29.3 Å². The summed E-state index contributed by atoms with van der Waals surface area (Å²) in [6.07, 6.45) is 2.40. The zero-order valence-electron chi connectivity index (χ0n) is 11.6. The van der Waals surface area contributed by atoms with Gasteiger partial charge in [-0.3, -0.25) is 4.90 Å². The molecule has 2 N–H and O–H groups in total. The smallest absolute Gasteiger partial charge is 0.130 e. The first-order valence-corrected chi connectivity index (χ1v) is 6.92. The Labute approximate surface area is 113 Å². The zero-order chi connectivity index (χ0) is 14.0. The van der Waals surface area contributed by atoms with Crippen LogP contribution in [0.1, 0.15) is 38.3 Å². The van der Waals surface area contributed by atoms with E-state index in [0.717, 1.165) is 12.6 Å². The second kappa shape index (κ2) is 5.97. The average Bonchev–Trinajstić information content (AvgIpc) is 3.10. The van der Waals surface area contributed by atoms with Crippen LogP contribution in [0, 0.1) is 17.6 Å². The minimum atomic E-state index is -0.560. The van der Waals surface area contributed by atoms with Gasteiger partial charge >= 0.3 is 0 Å². The first kappa shape index (κ1) is 14.4. The van der Waals surface area contributed by atoms with Gasteiger partial charge in [-0.05, 0) is 24.8 Å². The predicted molar refractivity (Wildman–Crippen MR) is 72.7 cm³/mol. The van der Waals surface area contributed by atoms with Crippen LogP contribution >= 0.6 is 0 Å². The highest BCUT2D eigenvalue weighted by Gasteiger charge is 2.30. The quantitative estimate of drug-likeness (QED) is 0.859. The summed E-state index contributed by atoms with van der Waals surface area (Å²) >= 11 is 0. The molecule has 1 unspecified atom stereocenters. The molecule has 1 aromatic rings. The highest BCUT2D eigenvalue weighted by molar-refractivity contribution is 5.22. The van der Waals surface area contributed by atoms with Gasteiger partial charge in [0.25, 0.3) is 0 Å². The molecular formula is C15H22F2N2. The van der Waals surface area contributed by atoms with Crippen molar-refractivity contribution in [2.24, 2.45) is 11.7 Å². The van der Waals surface area contributed by atoms with Crippen LogP contribution in [0.3, 0.4) is 0 Å². The van der Waals surface area contributed by atoms with Crippen molar-refractivity contribution < 1.29 is 8.78 Å². The van der Waals surface area contributed by atoms with E-state index in [1.807, 2.05) is 0 Å². The number of nitrogens with two attached hydrogens (primary N) is 1. The maximum atomic E-state index is 13.7. The van der Waals surface area contributed by atoms with E-state index in [1.54, 1.807) is 0 Å². The Morgan fingerprint density at radius 2 is 1.95 bits per heavy atom. The fourth-order valence-corrected chi connectivity index (χ4v) is 2.43. The fraction of sp³-hybridized carbons (Fsp3) is 0.600. The summed E-state index contributed by atoms with van der Waals surface area (Å²) in [5.41, 5.74) is 6.48. The van der Waals surface area contributed by atoms with Crippen LogP contribution in [-0.2, 0) is 0 Å². The van der Waals surface area contributed by atoms with Crippen molar-refractivity contribution in [3.63, 3.8) is 0 Å². The third-order valence-corrected chi connectivity index (χ3v) is 3.46. The van der Waals surface area contributed by atoms with E-state index in [4.69, 9.17) is 5.73 Å². The highest BCUT2D eigenvalue weighted by Crippen LogP contribution is 2.29. The van der Waals surface area contributed by atoms with Crippen molar-refractivity contribution in [3.05, 3.63) is 35.4 Å². The molecule has 4 heteroatoms. The van der Waals surface area contributed by atoms with Crippen molar-refractivity contribution in [1.82, 2.24) is 4.90 Å². The molecule has 19 heavy (non-hydrogen) atoms. The van der Waals surface area contributed by atoms with E-state index < -0.39 is 17.7 Å². The van der Waals surface area contributed by atoms with E-state index >= 15 is 0 Å². The summed E-state index contributed by atoms with van der Waals surface area (Å²) < 4.78 is 26.6. The molecule has 1 aliphatic rings. The third kappa shape index (κ3) is 3.98. The van der Waals surface area contributed by atoms with E-state index in [1.165, 1.54) is 25.0 Å². The lowest BCUT2D eigenvalue weighted by atomic mass is 10.1. The second-order valence-electron chi connectivity index (χ2n) is 5.85. The van der Waals surface area contributed by atoms with Gasteiger partial charge in [-0.25, -0.2) is 8.78 Å². The van der Waals surface area contributed by atoms with Crippen LogP contribution in [0.15, 0.2) is 18.2 Å². The Morgan fingerprint density at radius 3 is 2.47 bits per heavy atom. The van der Waals surface area contributed by atoms with Crippen molar-refractivity contribution in [3.8, 4) is 0 Å². The normalized spacial score (nSPS) is 17.2. The first-order valence-electron chi connectivity index (χ1n) is 6.92. The molecule has 0 radical (unpaired) electrons. The molecule has 0 aliphatic heterocycles. The molecule has 1 aliphatic carbocycles. The number of benzene rings is 1. The van der Waals surface area contributed by atoms with Gasteiger partial charge in [0.05, 0.1) is 0 Å². The molecule has 1 fully saturated rings. The standard InChI is InChI=1S/C15H22F2N2/c1-10(2)8-19(12-4-5-12)9-15(18)13-6-3-11(16)7-14(13)17/h3,6-7,10,12,15H,4-5,8-9,18H2,1-2H3. The van der Waals surface area contributed by atoms with Crippen molar-refractivity contribution in [2.45, 2.75) is 38.8 Å². The molecular weight excluding hydrogens is 246 g/mol. The molecule has 1 saturated carbocycles. The Kier molecular flexibility index (Phi) is 4.53. The summed E-state index contributed by atoms with van der Waals surface area (Å²) in [6.45, 7) is 5.94. The van der Waals surface area contributed by atoms with Gasteiger partial charge in [-0.1, -0.05) is 19.9 Å².